The van der Waals surface area contributed by atoms with Crippen LogP contribution in [-0.2, 0) is 16.5 Å². The molecular formula is C13H19F2N5O3. The number of nitrogens with zero attached hydrogens (tertiary/aromatic N) is 4. The lowest BCUT2D eigenvalue weighted by Gasteiger charge is -2.44. The van der Waals surface area contributed by atoms with Crippen LogP contribution in [0.25, 0.3) is 0 Å². The van der Waals surface area contributed by atoms with Crippen LogP contribution in [0.15, 0.2) is 0 Å². The number of morpholine rings is 1. The van der Waals surface area contributed by atoms with Gasteiger partial charge in [-0.05, 0) is 13.8 Å². The SMILES string of the molecule is Cn1nnc(NC(=O)N2CC(C)(C)O[C@@H]3COC[C@H]32)c1C(F)F. The molecule has 2 aliphatic rings. The maximum atomic E-state index is 13.0. The Balaban J connectivity index is 1.80. The molecule has 0 saturated carbocycles. The molecule has 10 heteroatoms. The lowest BCUT2D eigenvalue weighted by atomic mass is 10.0. The van der Waals surface area contributed by atoms with Gasteiger partial charge >= 0.3 is 6.03 Å². The molecule has 8 nitrogen and oxygen atoms in total. The van der Waals surface area contributed by atoms with Gasteiger partial charge in [0.25, 0.3) is 6.43 Å². The zero-order valence-electron chi connectivity index (χ0n) is 13.1. The first-order chi connectivity index (χ1) is 10.8. The quantitative estimate of drug-likeness (QED) is 0.879. The highest BCUT2D eigenvalue weighted by Crippen LogP contribution is 2.31. The lowest BCUT2D eigenvalue weighted by molar-refractivity contribution is -0.135. The van der Waals surface area contributed by atoms with Crippen LogP contribution in [0.4, 0.5) is 19.4 Å². The van der Waals surface area contributed by atoms with Gasteiger partial charge in [0.2, 0.25) is 0 Å². The molecule has 0 unspecified atom stereocenters. The van der Waals surface area contributed by atoms with Crippen LogP contribution >= 0.6 is 0 Å². The summed E-state index contributed by atoms with van der Waals surface area (Å²) in [7, 11) is 1.35. The highest BCUT2D eigenvalue weighted by atomic mass is 19.3. The van der Waals surface area contributed by atoms with Crippen molar-refractivity contribution in [3.05, 3.63) is 5.69 Å². The van der Waals surface area contributed by atoms with Gasteiger partial charge in [-0.15, -0.1) is 5.10 Å². The van der Waals surface area contributed by atoms with Crippen molar-refractivity contribution in [1.82, 2.24) is 19.9 Å². The smallest absolute Gasteiger partial charge is 0.323 e. The highest BCUT2D eigenvalue weighted by molar-refractivity contribution is 5.89. The number of anilines is 1. The Bertz CT molecular complexity index is 606. The monoisotopic (exact) mass is 331 g/mol. The van der Waals surface area contributed by atoms with Crippen LogP contribution in [0.5, 0.6) is 0 Å². The van der Waals surface area contributed by atoms with Crippen LogP contribution in [-0.4, -0.2) is 63.4 Å². The third-order valence-electron chi connectivity index (χ3n) is 3.98. The Morgan fingerprint density at radius 2 is 2.17 bits per heavy atom. The third kappa shape index (κ3) is 3.00. The Labute approximate surface area is 131 Å². The molecular weight excluding hydrogens is 312 g/mol. The Morgan fingerprint density at radius 1 is 1.43 bits per heavy atom. The first-order valence-electron chi connectivity index (χ1n) is 7.29. The molecule has 0 aliphatic carbocycles. The van der Waals surface area contributed by atoms with E-state index in [1.807, 2.05) is 13.8 Å². The zero-order chi connectivity index (χ0) is 16.8. The van der Waals surface area contributed by atoms with Gasteiger partial charge in [-0.2, -0.15) is 0 Å². The number of hydrogen-bond acceptors (Lipinski definition) is 5. The van der Waals surface area contributed by atoms with Crippen molar-refractivity contribution in [2.75, 3.05) is 25.1 Å². The third-order valence-corrected chi connectivity index (χ3v) is 3.98. The number of halogens is 2. The van der Waals surface area contributed by atoms with Crippen molar-refractivity contribution in [1.29, 1.82) is 0 Å². The highest BCUT2D eigenvalue weighted by Gasteiger charge is 2.46. The van der Waals surface area contributed by atoms with Crippen LogP contribution in [0.2, 0.25) is 0 Å². The number of fused-ring (bicyclic) bond motifs is 1. The standard InChI is InChI=1S/C13H19F2N5O3/c1-13(2)6-20(7-4-22-5-8(7)23-13)12(21)16-11-9(10(14)15)19(3)18-17-11/h7-8,10H,4-6H2,1-3H3,(H,16,21)/t7-,8-/m1/s1. The van der Waals surface area contributed by atoms with Crippen molar-refractivity contribution in [2.45, 2.75) is 38.0 Å². The largest absolute Gasteiger partial charge is 0.376 e. The van der Waals surface area contributed by atoms with Gasteiger partial charge in [0.1, 0.15) is 11.8 Å². The first-order valence-corrected chi connectivity index (χ1v) is 7.29. The van der Waals surface area contributed by atoms with Crippen molar-refractivity contribution in [3.63, 3.8) is 0 Å². The maximum Gasteiger partial charge on any atom is 0.323 e. The summed E-state index contributed by atoms with van der Waals surface area (Å²) in [4.78, 5) is 14.1. The molecule has 1 N–H and O–H groups in total. The van der Waals surface area contributed by atoms with Gasteiger partial charge in [-0.3, -0.25) is 5.32 Å². The second kappa shape index (κ2) is 5.68. The van der Waals surface area contributed by atoms with Gasteiger partial charge in [0, 0.05) is 7.05 Å². The molecule has 2 atom stereocenters. The molecule has 2 amide bonds. The number of carbonyl (C=O) groups excluding carboxylic acids is 1. The van der Waals surface area contributed by atoms with E-state index in [2.05, 4.69) is 15.6 Å². The minimum Gasteiger partial charge on any atom is -0.376 e. The fourth-order valence-electron chi connectivity index (χ4n) is 2.99. The summed E-state index contributed by atoms with van der Waals surface area (Å²) < 4.78 is 38.3. The summed E-state index contributed by atoms with van der Waals surface area (Å²) >= 11 is 0. The minimum atomic E-state index is -2.78. The predicted octanol–water partition coefficient (Wildman–Crippen LogP) is 1.16. The summed E-state index contributed by atoms with van der Waals surface area (Å²) in [6.45, 7) is 4.83. The predicted molar refractivity (Wildman–Crippen MR) is 75.2 cm³/mol. The molecule has 0 aromatic carbocycles. The Morgan fingerprint density at radius 3 is 2.87 bits per heavy atom. The van der Waals surface area contributed by atoms with Crippen LogP contribution < -0.4 is 5.32 Å². The number of urea groups is 1. The molecule has 0 radical (unpaired) electrons. The average molecular weight is 331 g/mol. The van der Waals surface area contributed by atoms with Crippen molar-refractivity contribution >= 4 is 11.8 Å². The molecule has 1 aromatic rings. The molecule has 2 fully saturated rings. The van der Waals surface area contributed by atoms with E-state index >= 15 is 0 Å². The van der Waals surface area contributed by atoms with E-state index in [1.54, 1.807) is 4.90 Å². The summed E-state index contributed by atoms with van der Waals surface area (Å²) in [5.41, 5.74) is -0.967. The number of nitrogens with one attached hydrogen (secondary N) is 1. The number of alkyl halides is 2. The van der Waals surface area contributed by atoms with E-state index in [9.17, 15) is 13.6 Å². The normalized spacial score (nSPS) is 26.4. The van der Waals surface area contributed by atoms with Crippen LogP contribution in [0.3, 0.4) is 0 Å². The molecule has 0 spiro atoms. The second-order valence-electron chi connectivity index (χ2n) is 6.33. The average Bonchev–Trinajstić information content (AvgIpc) is 3.03. The first kappa shape index (κ1) is 16.1. The van der Waals surface area contributed by atoms with E-state index in [0.29, 0.717) is 19.8 Å². The molecule has 3 heterocycles. The minimum absolute atomic E-state index is 0.221. The Hall–Kier alpha value is -1.81. The molecule has 3 rings (SSSR count). The van der Waals surface area contributed by atoms with Crippen LogP contribution in [0.1, 0.15) is 26.0 Å². The van der Waals surface area contributed by atoms with Crippen molar-refractivity contribution < 1.29 is 23.0 Å². The fraction of sp³-hybridized carbons (Fsp3) is 0.769. The summed E-state index contributed by atoms with van der Waals surface area (Å²) in [5, 5.41) is 9.57. The van der Waals surface area contributed by atoms with E-state index in [-0.39, 0.29) is 18.0 Å². The summed E-state index contributed by atoms with van der Waals surface area (Å²) in [6.07, 6.45) is -3.00. The number of hydrogen-bond donors (Lipinski definition) is 1. The zero-order valence-corrected chi connectivity index (χ0v) is 13.1. The van der Waals surface area contributed by atoms with Gasteiger partial charge in [-0.25, -0.2) is 18.3 Å². The van der Waals surface area contributed by atoms with Crippen molar-refractivity contribution in [2.24, 2.45) is 7.05 Å². The molecule has 128 valence electrons. The number of ether oxygens (including phenoxy) is 2. The van der Waals surface area contributed by atoms with E-state index in [0.717, 1.165) is 4.68 Å². The number of rotatable bonds is 2. The number of aryl methyl sites for hydroxylation is 1. The number of carbonyl (C=O) groups is 1. The van der Waals surface area contributed by atoms with Gasteiger partial charge in [0.15, 0.2) is 5.82 Å². The number of aromatic nitrogens is 3. The molecule has 23 heavy (non-hydrogen) atoms. The molecule has 0 bridgehead atoms. The van der Waals surface area contributed by atoms with E-state index in [4.69, 9.17) is 9.47 Å². The topological polar surface area (TPSA) is 81.5 Å². The summed E-state index contributed by atoms with van der Waals surface area (Å²) in [6, 6.07) is -0.751. The van der Waals surface area contributed by atoms with Gasteiger partial charge in [-0.1, -0.05) is 5.21 Å². The Kier molecular flexibility index (Phi) is 3.96. The summed E-state index contributed by atoms with van der Waals surface area (Å²) in [5.74, 6) is -0.229. The maximum absolute atomic E-state index is 13.0. The lowest BCUT2D eigenvalue weighted by Crippen LogP contribution is -2.61. The number of amides is 2. The van der Waals surface area contributed by atoms with E-state index < -0.39 is 23.8 Å². The van der Waals surface area contributed by atoms with Gasteiger partial charge < -0.3 is 14.4 Å². The van der Waals surface area contributed by atoms with E-state index in [1.165, 1.54) is 7.05 Å². The molecule has 1 aromatic heterocycles. The molecule has 2 aliphatic heterocycles. The van der Waals surface area contributed by atoms with Crippen molar-refractivity contribution in [3.8, 4) is 0 Å². The fourth-order valence-corrected chi connectivity index (χ4v) is 2.99. The van der Waals surface area contributed by atoms with Crippen LogP contribution in [0, 0.1) is 0 Å². The van der Waals surface area contributed by atoms with Gasteiger partial charge in [0.05, 0.1) is 31.4 Å². The second-order valence-corrected chi connectivity index (χ2v) is 6.33. The molecule has 2 saturated heterocycles.